The third-order valence-corrected chi connectivity index (χ3v) is 5.16. The highest BCUT2D eigenvalue weighted by Crippen LogP contribution is 2.25. The van der Waals surface area contributed by atoms with Crippen LogP contribution in [0.15, 0.2) is 53.1 Å². The van der Waals surface area contributed by atoms with E-state index in [1.807, 2.05) is 42.5 Å². The van der Waals surface area contributed by atoms with E-state index in [2.05, 4.69) is 15.5 Å². The largest absolute Gasteiger partial charge is 0.468 e. The van der Waals surface area contributed by atoms with Gasteiger partial charge in [0.25, 0.3) is 0 Å². The van der Waals surface area contributed by atoms with Crippen LogP contribution in [0, 0.1) is 0 Å². The average molecular weight is 383 g/mol. The van der Waals surface area contributed by atoms with Crippen LogP contribution >= 0.6 is 0 Å². The predicted octanol–water partition coefficient (Wildman–Crippen LogP) is 3.19. The van der Waals surface area contributed by atoms with Crippen LogP contribution in [-0.2, 0) is 9.59 Å². The number of hydrogen-bond acceptors (Lipinski definition) is 4. The molecule has 1 fully saturated rings. The molecule has 2 N–H and O–H groups in total. The molecular formula is C22H29N3O3. The Morgan fingerprint density at radius 1 is 1.07 bits per heavy atom. The monoisotopic (exact) mass is 383 g/mol. The molecule has 0 unspecified atom stereocenters. The number of nitrogens with zero attached hydrogens (tertiary/aromatic N) is 1. The Morgan fingerprint density at radius 2 is 1.82 bits per heavy atom. The van der Waals surface area contributed by atoms with Gasteiger partial charge in [-0.1, -0.05) is 36.8 Å². The number of likely N-dealkylation sites (tertiary alicyclic amines) is 1. The standard InChI is InChI=1S/C22H29N3O3/c1-17(26)24-19(18-9-4-2-5-10-18)15-22(27)23-16-20(21-11-8-14-28-21)25-12-6-3-7-13-25/h2,4-5,8-11,14,19-20H,3,6-7,12-13,15-16H2,1H3,(H,23,27)(H,24,26)/t19-,20+/m0/s1. The quantitative estimate of drug-likeness (QED) is 0.734. The number of piperidine rings is 1. The van der Waals surface area contributed by atoms with Crippen LogP contribution in [0.5, 0.6) is 0 Å². The normalized spacial score (nSPS) is 16.9. The Hall–Kier alpha value is -2.60. The molecule has 1 aliphatic rings. The minimum absolute atomic E-state index is 0.0372. The van der Waals surface area contributed by atoms with Crippen molar-refractivity contribution in [3.8, 4) is 0 Å². The van der Waals surface area contributed by atoms with Crippen LogP contribution in [0.25, 0.3) is 0 Å². The zero-order valence-electron chi connectivity index (χ0n) is 16.4. The molecule has 2 heterocycles. The first-order valence-electron chi connectivity index (χ1n) is 9.99. The van der Waals surface area contributed by atoms with Gasteiger partial charge in [0.1, 0.15) is 5.76 Å². The molecule has 6 nitrogen and oxygen atoms in total. The Balaban J connectivity index is 1.62. The number of rotatable bonds is 8. The van der Waals surface area contributed by atoms with Gasteiger partial charge in [-0.2, -0.15) is 0 Å². The van der Waals surface area contributed by atoms with E-state index in [1.54, 1.807) is 6.26 Å². The van der Waals surface area contributed by atoms with Crippen LogP contribution in [0.2, 0.25) is 0 Å². The minimum Gasteiger partial charge on any atom is -0.468 e. The second kappa shape index (κ2) is 10.1. The minimum atomic E-state index is -0.337. The van der Waals surface area contributed by atoms with Crippen molar-refractivity contribution >= 4 is 11.8 Å². The lowest BCUT2D eigenvalue weighted by atomic mass is 10.0. The number of nitrogens with one attached hydrogen (secondary N) is 2. The van der Waals surface area contributed by atoms with Gasteiger partial charge in [0.2, 0.25) is 11.8 Å². The Labute approximate surface area is 166 Å². The van der Waals surface area contributed by atoms with E-state index in [4.69, 9.17) is 4.42 Å². The van der Waals surface area contributed by atoms with Gasteiger partial charge < -0.3 is 15.1 Å². The van der Waals surface area contributed by atoms with Gasteiger partial charge in [-0.3, -0.25) is 14.5 Å². The van der Waals surface area contributed by atoms with Crippen molar-refractivity contribution < 1.29 is 14.0 Å². The summed E-state index contributed by atoms with van der Waals surface area (Å²) in [5.74, 6) is 0.642. The number of furan rings is 1. The Morgan fingerprint density at radius 3 is 2.46 bits per heavy atom. The first kappa shape index (κ1) is 20.1. The smallest absolute Gasteiger partial charge is 0.222 e. The summed E-state index contributed by atoms with van der Waals surface area (Å²) in [6.07, 6.45) is 5.47. The second-order valence-electron chi connectivity index (χ2n) is 7.30. The lowest BCUT2D eigenvalue weighted by Crippen LogP contribution is -2.41. The summed E-state index contributed by atoms with van der Waals surface area (Å²) in [5.41, 5.74) is 0.923. The molecule has 0 spiro atoms. The summed E-state index contributed by atoms with van der Waals surface area (Å²) >= 11 is 0. The van der Waals surface area contributed by atoms with Crippen LogP contribution in [0.4, 0.5) is 0 Å². The SMILES string of the molecule is CC(=O)N[C@@H](CC(=O)NC[C@H](c1ccco1)N1CCCCC1)c1ccccc1. The fraction of sp³-hybridized carbons (Fsp3) is 0.455. The molecule has 2 aromatic rings. The van der Waals surface area contributed by atoms with Crippen LogP contribution in [0.1, 0.15) is 56.0 Å². The van der Waals surface area contributed by atoms with E-state index in [0.717, 1.165) is 24.4 Å². The van der Waals surface area contributed by atoms with Gasteiger partial charge in [0, 0.05) is 13.5 Å². The number of hydrogen-bond donors (Lipinski definition) is 2. The number of carbonyl (C=O) groups excluding carboxylic acids is 2. The summed E-state index contributed by atoms with van der Waals surface area (Å²) in [5, 5.41) is 5.93. The summed E-state index contributed by atoms with van der Waals surface area (Å²) in [6, 6.07) is 13.1. The zero-order chi connectivity index (χ0) is 19.8. The average Bonchev–Trinajstić information content (AvgIpc) is 3.23. The van der Waals surface area contributed by atoms with Gasteiger partial charge in [0.15, 0.2) is 0 Å². The Bertz CT molecular complexity index is 740. The van der Waals surface area contributed by atoms with Gasteiger partial charge in [0.05, 0.1) is 24.8 Å². The van der Waals surface area contributed by atoms with E-state index in [0.29, 0.717) is 6.54 Å². The van der Waals surface area contributed by atoms with E-state index in [1.165, 1.54) is 26.2 Å². The summed E-state index contributed by atoms with van der Waals surface area (Å²) in [6.45, 7) is 3.99. The molecule has 2 atom stereocenters. The maximum Gasteiger partial charge on any atom is 0.222 e. The van der Waals surface area contributed by atoms with Crippen LogP contribution < -0.4 is 10.6 Å². The molecule has 0 bridgehead atoms. The second-order valence-corrected chi connectivity index (χ2v) is 7.30. The van der Waals surface area contributed by atoms with E-state index >= 15 is 0 Å². The molecular weight excluding hydrogens is 354 g/mol. The zero-order valence-corrected chi connectivity index (χ0v) is 16.4. The summed E-state index contributed by atoms with van der Waals surface area (Å²) in [7, 11) is 0. The third-order valence-electron chi connectivity index (χ3n) is 5.16. The molecule has 1 saturated heterocycles. The molecule has 1 aliphatic heterocycles. The molecule has 1 aromatic heterocycles. The van der Waals surface area contributed by atoms with Crippen molar-refractivity contribution in [2.24, 2.45) is 0 Å². The molecule has 2 amide bonds. The van der Waals surface area contributed by atoms with Crippen LogP contribution in [0.3, 0.4) is 0 Å². The summed E-state index contributed by atoms with van der Waals surface area (Å²) in [4.78, 5) is 26.6. The molecule has 0 saturated carbocycles. The van der Waals surface area contributed by atoms with E-state index < -0.39 is 0 Å². The first-order chi connectivity index (χ1) is 13.6. The van der Waals surface area contributed by atoms with Crippen molar-refractivity contribution in [1.29, 1.82) is 0 Å². The number of amides is 2. The fourth-order valence-corrected chi connectivity index (χ4v) is 3.77. The Kier molecular flexibility index (Phi) is 7.25. The molecule has 150 valence electrons. The van der Waals surface area contributed by atoms with Crippen molar-refractivity contribution in [3.63, 3.8) is 0 Å². The first-order valence-corrected chi connectivity index (χ1v) is 9.99. The maximum atomic E-state index is 12.7. The van der Waals surface area contributed by atoms with Gasteiger partial charge in [-0.05, 0) is 43.6 Å². The van der Waals surface area contributed by atoms with Gasteiger partial charge in [-0.25, -0.2) is 0 Å². The molecule has 0 radical (unpaired) electrons. The van der Waals surface area contributed by atoms with Gasteiger partial charge in [-0.15, -0.1) is 0 Å². The van der Waals surface area contributed by atoms with Crippen molar-refractivity contribution in [3.05, 3.63) is 60.1 Å². The van der Waals surface area contributed by atoms with Crippen molar-refractivity contribution in [1.82, 2.24) is 15.5 Å². The van der Waals surface area contributed by atoms with Crippen LogP contribution in [-0.4, -0.2) is 36.3 Å². The lowest BCUT2D eigenvalue weighted by Gasteiger charge is -2.33. The highest BCUT2D eigenvalue weighted by Gasteiger charge is 2.25. The number of carbonyl (C=O) groups is 2. The molecule has 0 aliphatic carbocycles. The van der Waals surface area contributed by atoms with Gasteiger partial charge >= 0.3 is 0 Å². The van der Waals surface area contributed by atoms with Crippen molar-refractivity contribution in [2.75, 3.05) is 19.6 Å². The molecule has 28 heavy (non-hydrogen) atoms. The highest BCUT2D eigenvalue weighted by atomic mass is 16.3. The molecule has 3 rings (SSSR count). The highest BCUT2D eigenvalue weighted by molar-refractivity contribution is 5.79. The molecule has 1 aromatic carbocycles. The van der Waals surface area contributed by atoms with E-state index in [9.17, 15) is 9.59 Å². The van der Waals surface area contributed by atoms with Crippen molar-refractivity contribution in [2.45, 2.75) is 44.7 Å². The predicted molar refractivity (Wildman–Crippen MR) is 107 cm³/mol. The molecule has 6 heteroatoms. The maximum absolute atomic E-state index is 12.7. The summed E-state index contributed by atoms with van der Waals surface area (Å²) < 4.78 is 5.63. The number of benzene rings is 1. The fourth-order valence-electron chi connectivity index (χ4n) is 3.77. The lowest BCUT2D eigenvalue weighted by molar-refractivity contribution is -0.123. The topological polar surface area (TPSA) is 74.6 Å². The third kappa shape index (κ3) is 5.70. The van der Waals surface area contributed by atoms with E-state index in [-0.39, 0.29) is 30.3 Å².